The van der Waals surface area contributed by atoms with Crippen molar-refractivity contribution in [3.8, 4) is 5.75 Å². The van der Waals surface area contributed by atoms with Gasteiger partial charge in [0.2, 0.25) is 6.29 Å². The molecule has 2 aromatic carbocycles. The van der Waals surface area contributed by atoms with Gasteiger partial charge in [-0.2, -0.15) is 0 Å². The Kier molecular flexibility index (Phi) is 5.18. The minimum atomic E-state index is -0.741. The van der Waals surface area contributed by atoms with Gasteiger partial charge in [-0.05, 0) is 30.3 Å². The fraction of sp³-hybridized carbons (Fsp3) is 0.190. The van der Waals surface area contributed by atoms with Crippen molar-refractivity contribution in [1.82, 2.24) is 5.06 Å². The number of carbonyl (C=O) groups is 1. The highest BCUT2D eigenvalue weighted by Gasteiger charge is 2.34. The average Bonchev–Trinajstić information content (AvgIpc) is 3.28. The van der Waals surface area contributed by atoms with Crippen LogP contribution >= 0.6 is 0 Å². The molecular formula is C21H19NO5. The van der Waals surface area contributed by atoms with Gasteiger partial charge in [0, 0.05) is 11.1 Å². The van der Waals surface area contributed by atoms with Crippen molar-refractivity contribution in [3.63, 3.8) is 0 Å². The predicted octanol–water partition coefficient (Wildman–Crippen LogP) is 3.83. The molecule has 0 spiro atoms. The molecule has 2 atom stereocenters. The van der Waals surface area contributed by atoms with Crippen LogP contribution in [0.3, 0.4) is 0 Å². The quantitative estimate of drug-likeness (QED) is 0.688. The summed E-state index contributed by atoms with van der Waals surface area (Å²) in [4.78, 5) is 18.6. The largest absolute Gasteiger partial charge is 0.491 e. The molecule has 0 N–H and O–H groups in total. The van der Waals surface area contributed by atoms with Crippen molar-refractivity contribution < 1.29 is 23.5 Å². The topological polar surface area (TPSA) is 61.1 Å². The fourth-order valence-corrected chi connectivity index (χ4v) is 2.79. The molecule has 3 aromatic rings. The normalized spacial score (nSPS) is 19.6. The molecule has 1 aromatic heterocycles. The van der Waals surface area contributed by atoms with Crippen molar-refractivity contribution in [2.24, 2.45) is 0 Å². The summed E-state index contributed by atoms with van der Waals surface area (Å²) in [6.07, 6.45) is 1.98. The Labute approximate surface area is 156 Å². The number of hydrogen-bond acceptors (Lipinski definition) is 5. The summed E-state index contributed by atoms with van der Waals surface area (Å²) in [5.74, 6) is 0.519. The third kappa shape index (κ3) is 4.19. The first-order valence-electron chi connectivity index (χ1n) is 8.69. The van der Waals surface area contributed by atoms with E-state index in [1.165, 1.54) is 17.6 Å². The van der Waals surface area contributed by atoms with Gasteiger partial charge in [0.15, 0.2) is 0 Å². The molecule has 6 heteroatoms. The van der Waals surface area contributed by atoms with Crippen LogP contribution in [0.4, 0.5) is 0 Å². The van der Waals surface area contributed by atoms with E-state index in [2.05, 4.69) is 0 Å². The van der Waals surface area contributed by atoms with Crippen molar-refractivity contribution in [3.05, 3.63) is 90.4 Å². The minimum Gasteiger partial charge on any atom is -0.491 e. The Hall–Kier alpha value is -3.09. The van der Waals surface area contributed by atoms with Crippen LogP contribution in [0, 0.1) is 0 Å². The number of nitrogens with zero attached hydrogens (tertiary/aromatic N) is 1. The Morgan fingerprint density at radius 1 is 1.04 bits per heavy atom. The maximum atomic E-state index is 12.8. The van der Waals surface area contributed by atoms with Crippen LogP contribution in [0.25, 0.3) is 0 Å². The van der Waals surface area contributed by atoms with Crippen LogP contribution in [-0.2, 0) is 9.57 Å². The number of para-hydroxylation sites is 1. The van der Waals surface area contributed by atoms with Crippen LogP contribution in [0.5, 0.6) is 5.75 Å². The molecular weight excluding hydrogens is 346 g/mol. The monoisotopic (exact) mass is 365 g/mol. The van der Waals surface area contributed by atoms with E-state index in [1.54, 1.807) is 18.2 Å². The first kappa shape index (κ1) is 17.3. The minimum absolute atomic E-state index is 0.225. The lowest BCUT2D eigenvalue weighted by atomic mass is 10.2. The number of benzene rings is 2. The molecule has 2 heterocycles. The van der Waals surface area contributed by atoms with Gasteiger partial charge in [0.05, 0.1) is 19.1 Å². The summed E-state index contributed by atoms with van der Waals surface area (Å²) in [5, 5.41) is 1.33. The third-order valence-corrected chi connectivity index (χ3v) is 4.15. The molecule has 0 saturated carbocycles. The third-order valence-electron chi connectivity index (χ3n) is 4.15. The Balaban J connectivity index is 1.50. The van der Waals surface area contributed by atoms with Crippen LogP contribution < -0.4 is 4.74 Å². The predicted molar refractivity (Wildman–Crippen MR) is 96.8 cm³/mol. The van der Waals surface area contributed by atoms with E-state index in [-0.39, 0.29) is 18.6 Å². The Morgan fingerprint density at radius 3 is 2.48 bits per heavy atom. The molecule has 6 nitrogen and oxygen atoms in total. The van der Waals surface area contributed by atoms with E-state index in [0.29, 0.717) is 17.7 Å². The van der Waals surface area contributed by atoms with Crippen molar-refractivity contribution in [2.75, 3.05) is 13.2 Å². The number of amides is 1. The average molecular weight is 365 g/mol. The number of carbonyl (C=O) groups excluding carboxylic acids is 1. The molecule has 1 fully saturated rings. The first-order valence-corrected chi connectivity index (χ1v) is 8.69. The Bertz CT molecular complexity index is 851. The van der Waals surface area contributed by atoms with E-state index >= 15 is 0 Å². The molecule has 1 amide bonds. The number of hydrogen-bond donors (Lipinski definition) is 0. The highest BCUT2D eigenvalue weighted by molar-refractivity contribution is 5.93. The highest BCUT2D eigenvalue weighted by Crippen LogP contribution is 2.28. The summed E-state index contributed by atoms with van der Waals surface area (Å²) in [5.41, 5.74) is 1.25. The van der Waals surface area contributed by atoms with E-state index in [4.69, 9.17) is 18.7 Å². The summed E-state index contributed by atoms with van der Waals surface area (Å²) < 4.78 is 16.9. The van der Waals surface area contributed by atoms with Crippen molar-refractivity contribution >= 4 is 5.91 Å². The van der Waals surface area contributed by atoms with E-state index in [0.717, 1.165) is 5.75 Å². The molecule has 4 rings (SSSR count). The van der Waals surface area contributed by atoms with Gasteiger partial charge in [-0.3, -0.25) is 4.79 Å². The van der Waals surface area contributed by atoms with Gasteiger partial charge in [0.25, 0.3) is 5.91 Å². The van der Waals surface area contributed by atoms with Gasteiger partial charge in [-0.25, -0.2) is 9.90 Å². The van der Waals surface area contributed by atoms with Crippen LogP contribution in [-0.4, -0.2) is 30.2 Å². The number of hydroxylamine groups is 2. The summed E-state index contributed by atoms with van der Waals surface area (Å²) in [7, 11) is 0. The van der Waals surface area contributed by atoms with Crippen LogP contribution in [0.1, 0.15) is 22.2 Å². The lowest BCUT2D eigenvalue weighted by molar-refractivity contribution is -0.325. The fourth-order valence-electron chi connectivity index (χ4n) is 2.79. The second-order valence-electron chi connectivity index (χ2n) is 6.11. The van der Waals surface area contributed by atoms with E-state index in [1.807, 2.05) is 48.5 Å². The molecule has 0 unspecified atom stereocenters. The maximum absolute atomic E-state index is 12.8. The van der Waals surface area contributed by atoms with Gasteiger partial charge in [-0.15, -0.1) is 0 Å². The molecule has 1 saturated heterocycles. The zero-order valence-electron chi connectivity index (χ0n) is 14.6. The van der Waals surface area contributed by atoms with Gasteiger partial charge in [0.1, 0.15) is 18.5 Å². The zero-order valence-corrected chi connectivity index (χ0v) is 14.6. The SMILES string of the molecule is O=C(c1ccccc1)N1C[C@@H](COc2ccccc2)O[C@@H](c2ccoc2)O1. The van der Waals surface area contributed by atoms with Gasteiger partial charge < -0.3 is 13.9 Å². The van der Waals surface area contributed by atoms with Crippen molar-refractivity contribution in [1.29, 1.82) is 0 Å². The van der Waals surface area contributed by atoms with Crippen molar-refractivity contribution in [2.45, 2.75) is 12.4 Å². The molecule has 1 aliphatic heterocycles. The summed E-state index contributed by atoms with van der Waals surface area (Å²) >= 11 is 0. The molecule has 138 valence electrons. The standard InChI is InChI=1S/C21H19NO5/c23-20(16-7-3-1-4-8-16)22-13-19(15-25-18-9-5-2-6-10-18)26-21(27-22)17-11-12-24-14-17/h1-12,14,19,21H,13,15H2/t19-,21+/m0/s1. The lowest BCUT2D eigenvalue weighted by Gasteiger charge is -2.36. The maximum Gasteiger partial charge on any atom is 0.277 e. The second-order valence-corrected chi connectivity index (χ2v) is 6.11. The summed E-state index contributed by atoms with van der Waals surface area (Å²) in [6, 6.07) is 20.2. The lowest BCUT2D eigenvalue weighted by Crippen LogP contribution is -2.47. The highest BCUT2D eigenvalue weighted by atomic mass is 16.8. The molecule has 0 aliphatic carbocycles. The number of ether oxygens (including phenoxy) is 2. The van der Waals surface area contributed by atoms with Crippen LogP contribution in [0.2, 0.25) is 0 Å². The zero-order chi connectivity index (χ0) is 18.5. The van der Waals surface area contributed by atoms with Gasteiger partial charge >= 0.3 is 0 Å². The van der Waals surface area contributed by atoms with Gasteiger partial charge in [-0.1, -0.05) is 36.4 Å². The van der Waals surface area contributed by atoms with E-state index in [9.17, 15) is 4.79 Å². The van der Waals surface area contributed by atoms with E-state index < -0.39 is 6.29 Å². The smallest absolute Gasteiger partial charge is 0.277 e. The van der Waals surface area contributed by atoms with Crippen LogP contribution in [0.15, 0.2) is 83.7 Å². The first-order chi connectivity index (χ1) is 13.3. The second kappa shape index (κ2) is 8.07. The summed E-state index contributed by atoms with van der Waals surface area (Å²) in [6.45, 7) is 0.551. The number of rotatable bonds is 5. The molecule has 27 heavy (non-hydrogen) atoms. The number of furan rings is 1. The molecule has 0 radical (unpaired) electrons. The molecule has 0 bridgehead atoms. The molecule has 1 aliphatic rings. The Morgan fingerprint density at radius 2 is 1.78 bits per heavy atom.